The molecule has 2 N–H and O–H groups in total. The van der Waals surface area contributed by atoms with Gasteiger partial charge in [0.05, 0.1) is 5.69 Å². The molecule has 2 aromatic rings. The zero-order valence-electron chi connectivity index (χ0n) is 7.33. The molecule has 0 heterocycles. The largest absolute Gasteiger partial charge is 0.397 e. The van der Waals surface area contributed by atoms with Crippen molar-refractivity contribution >= 4 is 45.3 Å². The maximum absolute atomic E-state index is 10.9. The zero-order chi connectivity index (χ0) is 10.1. The lowest BCUT2D eigenvalue weighted by molar-refractivity contribution is 0.112. The molecule has 2 nitrogen and oxygen atoms in total. The van der Waals surface area contributed by atoms with E-state index < -0.39 is 0 Å². The Hall–Kier alpha value is -1.10. The molecular weight excluding hydrogens is 289 g/mol. The Morgan fingerprint density at radius 1 is 1.29 bits per heavy atom. The summed E-state index contributed by atoms with van der Waals surface area (Å²) in [5.41, 5.74) is 6.98. The van der Waals surface area contributed by atoms with E-state index in [0.717, 1.165) is 20.6 Å². The van der Waals surface area contributed by atoms with Gasteiger partial charge in [0.25, 0.3) is 0 Å². The van der Waals surface area contributed by atoms with E-state index in [-0.39, 0.29) is 0 Å². The highest BCUT2D eigenvalue weighted by molar-refractivity contribution is 14.1. The highest BCUT2D eigenvalue weighted by Crippen LogP contribution is 2.27. The van der Waals surface area contributed by atoms with Crippen LogP contribution in [0.5, 0.6) is 0 Å². The summed E-state index contributed by atoms with van der Waals surface area (Å²) in [6.07, 6.45) is 0.819. The van der Waals surface area contributed by atoms with Crippen molar-refractivity contribution in [1.82, 2.24) is 0 Å². The smallest absolute Gasteiger partial charge is 0.152 e. The molecule has 0 saturated carbocycles. The second-order valence-corrected chi connectivity index (χ2v) is 4.19. The molecule has 0 bridgehead atoms. The van der Waals surface area contributed by atoms with Gasteiger partial charge in [0.15, 0.2) is 6.29 Å². The first kappa shape index (κ1) is 9.45. The third-order valence-corrected chi connectivity index (χ3v) is 3.09. The van der Waals surface area contributed by atoms with E-state index >= 15 is 0 Å². The van der Waals surface area contributed by atoms with Gasteiger partial charge in [-0.15, -0.1) is 0 Å². The molecule has 0 aliphatic carbocycles. The van der Waals surface area contributed by atoms with Crippen molar-refractivity contribution in [2.24, 2.45) is 0 Å². The van der Waals surface area contributed by atoms with Gasteiger partial charge in [0.1, 0.15) is 0 Å². The van der Waals surface area contributed by atoms with E-state index in [0.29, 0.717) is 11.3 Å². The summed E-state index contributed by atoms with van der Waals surface area (Å²) in [5.74, 6) is 0. The molecule has 0 aliphatic heterocycles. The molecule has 2 aromatic carbocycles. The van der Waals surface area contributed by atoms with Crippen LogP contribution in [0, 0.1) is 3.57 Å². The third kappa shape index (κ3) is 1.37. The number of halogens is 1. The van der Waals surface area contributed by atoms with E-state index in [1.165, 1.54) is 0 Å². The number of nitrogens with two attached hydrogens (primary N) is 1. The van der Waals surface area contributed by atoms with Crippen LogP contribution in [0.15, 0.2) is 30.3 Å². The average Bonchev–Trinajstić information content (AvgIpc) is 2.20. The molecule has 0 unspecified atom stereocenters. The molecule has 0 spiro atoms. The minimum absolute atomic E-state index is 0.569. The molecule has 0 radical (unpaired) electrons. The fraction of sp³-hybridized carbons (Fsp3) is 0. The van der Waals surface area contributed by atoms with Gasteiger partial charge in [-0.1, -0.05) is 24.3 Å². The van der Waals surface area contributed by atoms with Crippen LogP contribution >= 0.6 is 22.6 Å². The Morgan fingerprint density at radius 2 is 2.00 bits per heavy atom. The van der Waals surface area contributed by atoms with Gasteiger partial charge in [-0.05, 0) is 39.4 Å². The standard InChI is InChI=1S/C11H8INO/c12-10-5-7-3-1-2-4-8(7)9(6-14)11(10)13/h1-6H,13H2. The summed E-state index contributed by atoms with van der Waals surface area (Å²) in [6.45, 7) is 0. The minimum atomic E-state index is 0.569. The van der Waals surface area contributed by atoms with E-state index in [2.05, 4.69) is 22.6 Å². The van der Waals surface area contributed by atoms with Crippen LogP contribution in [0.2, 0.25) is 0 Å². The Morgan fingerprint density at radius 3 is 2.71 bits per heavy atom. The molecule has 70 valence electrons. The highest BCUT2D eigenvalue weighted by atomic mass is 127. The maximum Gasteiger partial charge on any atom is 0.152 e. The van der Waals surface area contributed by atoms with Crippen LogP contribution in [0.1, 0.15) is 10.4 Å². The molecule has 0 fully saturated rings. The summed E-state index contributed by atoms with van der Waals surface area (Å²) in [6, 6.07) is 9.72. The van der Waals surface area contributed by atoms with Crippen molar-refractivity contribution in [3.8, 4) is 0 Å². The lowest BCUT2D eigenvalue weighted by Gasteiger charge is -2.06. The molecule has 2 rings (SSSR count). The van der Waals surface area contributed by atoms with Crippen LogP contribution < -0.4 is 5.73 Å². The lowest BCUT2D eigenvalue weighted by atomic mass is 10.0. The predicted molar refractivity (Wildman–Crippen MR) is 66.5 cm³/mol. The average molecular weight is 297 g/mol. The van der Waals surface area contributed by atoms with E-state index in [1.54, 1.807) is 0 Å². The van der Waals surface area contributed by atoms with Crippen LogP contribution in [-0.4, -0.2) is 6.29 Å². The summed E-state index contributed by atoms with van der Waals surface area (Å²) in [7, 11) is 0. The Kier molecular flexibility index (Phi) is 2.41. The molecule has 3 heteroatoms. The number of hydrogen-bond donors (Lipinski definition) is 1. The molecule has 0 amide bonds. The molecule has 0 aliphatic rings. The summed E-state index contributed by atoms with van der Waals surface area (Å²) in [5, 5.41) is 1.97. The van der Waals surface area contributed by atoms with Gasteiger partial charge >= 0.3 is 0 Å². The van der Waals surface area contributed by atoms with Gasteiger partial charge in [0.2, 0.25) is 0 Å². The Labute approximate surface area is 95.2 Å². The number of hydrogen-bond acceptors (Lipinski definition) is 2. The van der Waals surface area contributed by atoms with Crippen LogP contribution in [0.3, 0.4) is 0 Å². The molecule has 14 heavy (non-hydrogen) atoms. The fourth-order valence-corrected chi connectivity index (χ4v) is 2.11. The Bertz CT molecular complexity index is 508. The highest BCUT2D eigenvalue weighted by Gasteiger charge is 2.07. The van der Waals surface area contributed by atoms with E-state index in [9.17, 15) is 4.79 Å². The SMILES string of the molecule is Nc1c(I)cc2ccccc2c1C=O. The first-order valence-electron chi connectivity index (χ1n) is 4.16. The number of fused-ring (bicyclic) bond motifs is 1. The lowest BCUT2D eigenvalue weighted by Crippen LogP contribution is -1.97. The van der Waals surface area contributed by atoms with Crippen LogP contribution in [-0.2, 0) is 0 Å². The number of anilines is 1. The number of nitrogen functional groups attached to an aromatic ring is 1. The van der Waals surface area contributed by atoms with Crippen LogP contribution in [0.4, 0.5) is 5.69 Å². The molecule has 0 aromatic heterocycles. The van der Waals surface area contributed by atoms with Crippen molar-refractivity contribution in [3.63, 3.8) is 0 Å². The number of carbonyl (C=O) groups is 1. The second-order valence-electron chi connectivity index (χ2n) is 3.02. The van der Waals surface area contributed by atoms with Gasteiger partial charge < -0.3 is 5.73 Å². The maximum atomic E-state index is 10.9. The first-order valence-corrected chi connectivity index (χ1v) is 5.24. The second kappa shape index (κ2) is 3.57. The fourth-order valence-electron chi connectivity index (χ4n) is 1.48. The number of aldehydes is 1. The molecule has 0 atom stereocenters. The van der Waals surface area contributed by atoms with Crippen molar-refractivity contribution in [2.75, 3.05) is 5.73 Å². The van der Waals surface area contributed by atoms with Gasteiger partial charge in [0, 0.05) is 9.13 Å². The third-order valence-electron chi connectivity index (χ3n) is 2.20. The summed E-state index contributed by atoms with van der Waals surface area (Å²) < 4.78 is 0.920. The molecule has 0 saturated heterocycles. The number of benzene rings is 2. The topological polar surface area (TPSA) is 43.1 Å². The summed E-state index contributed by atoms with van der Waals surface area (Å²) in [4.78, 5) is 10.9. The van der Waals surface area contributed by atoms with Gasteiger partial charge in [-0.2, -0.15) is 0 Å². The van der Waals surface area contributed by atoms with Gasteiger partial charge in [-0.3, -0.25) is 4.79 Å². The minimum Gasteiger partial charge on any atom is -0.397 e. The van der Waals surface area contributed by atoms with E-state index in [1.807, 2.05) is 30.3 Å². The normalized spacial score (nSPS) is 10.4. The van der Waals surface area contributed by atoms with Gasteiger partial charge in [-0.25, -0.2) is 0 Å². The quantitative estimate of drug-likeness (QED) is 0.499. The zero-order valence-corrected chi connectivity index (χ0v) is 9.49. The van der Waals surface area contributed by atoms with Crippen molar-refractivity contribution in [3.05, 3.63) is 39.5 Å². The number of carbonyl (C=O) groups excluding carboxylic acids is 1. The first-order chi connectivity index (χ1) is 6.74. The predicted octanol–water partition coefficient (Wildman–Crippen LogP) is 2.84. The van der Waals surface area contributed by atoms with Crippen molar-refractivity contribution in [1.29, 1.82) is 0 Å². The molecular formula is C11H8INO. The number of rotatable bonds is 1. The summed E-state index contributed by atoms with van der Waals surface area (Å²) >= 11 is 2.14. The van der Waals surface area contributed by atoms with E-state index in [4.69, 9.17) is 5.73 Å². The monoisotopic (exact) mass is 297 g/mol. The van der Waals surface area contributed by atoms with Crippen molar-refractivity contribution in [2.45, 2.75) is 0 Å². The Balaban J connectivity index is 2.96. The van der Waals surface area contributed by atoms with Crippen LogP contribution in [0.25, 0.3) is 10.8 Å². The van der Waals surface area contributed by atoms with Crippen molar-refractivity contribution < 1.29 is 4.79 Å².